The molecule has 0 bridgehead atoms. The van der Waals surface area contributed by atoms with E-state index in [1.807, 2.05) is 6.08 Å². The molecule has 0 aliphatic rings. The van der Waals surface area contributed by atoms with Crippen LogP contribution >= 0.6 is 0 Å². The van der Waals surface area contributed by atoms with Crippen molar-refractivity contribution in [3.8, 4) is 0 Å². The van der Waals surface area contributed by atoms with Gasteiger partial charge in [-0.25, -0.2) is 0 Å². The summed E-state index contributed by atoms with van der Waals surface area (Å²) in [5.41, 5.74) is 5.32. The molecule has 0 aromatic heterocycles. The van der Waals surface area contributed by atoms with Crippen LogP contribution < -0.4 is 5.73 Å². The van der Waals surface area contributed by atoms with Crippen LogP contribution in [0.25, 0.3) is 0 Å². The van der Waals surface area contributed by atoms with E-state index in [4.69, 9.17) is 5.73 Å². The molecule has 0 saturated heterocycles. The maximum absolute atomic E-state index is 9.22. The Kier molecular flexibility index (Phi) is 15.4. The molecule has 0 fully saturated rings. The summed E-state index contributed by atoms with van der Waals surface area (Å²) in [6.45, 7) is 2.60. The van der Waals surface area contributed by atoms with Gasteiger partial charge in [-0.3, -0.25) is 0 Å². The molecule has 0 spiro atoms. The van der Waals surface area contributed by atoms with Crippen molar-refractivity contribution < 1.29 is 5.11 Å². The van der Waals surface area contributed by atoms with Crippen LogP contribution in [-0.4, -0.2) is 17.8 Å². The monoisotopic (exact) mass is 269 g/mol. The van der Waals surface area contributed by atoms with Gasteiger partial charge in [-0.15, -0.1) is 0 Å². The molecule has 114 valence electrons. The van der Waals surface area contributed by atoms with Gasteiger partial charge in [-0.2, -0.15) is 0 Å². The first-order valence-corrected chi connectivity index (χ1v) is 8.36. The highest BCUT2D eigenvalue weighted by Crippen LogP contribution is 2.11. The second-order valence-electron chi connectivity index (χ2n) is 5.56. The molecule has 0 heterocycles. The summed E-state index contributed by atoms with van der Waals surface area (Å²) in [7, 11) is 0. The van der Waals surface area contributed by atoms with Gasteiger partial charge in [-0.05, 0) is 12.8 Å². The van der Waals surface area contributed by atoms with Gasteiger partial charge in [0.05, 0.1) is 6.10 Å². The SMILES string of the molecule is CCCCCCCCCCCCCC=CC(O)CN. The van der Waals surface area contributed by atoms with Crippen molar-refractivity contribution in [2.75, 3.05) is 6.54 Å². The van der Waals surface area contributed by atoms with Crippen molar-refractivity contribution in [3.05, 3.63) is 12.2 Å². The zero-order valence-electron chi connectivity index (χ0n) is 12.9. The number of nitrogens with two attached hydrogens (primary N) is 1. The molecule has 0 aliphatic heterocycles. The number of hydrogen-bond donors (Lipinski definition) is 2. The van der Waals surface area contributed by atoms with E-state index in [0.717, 1.165) is 6.42 Å². The third kappa shape index (κ3) is 15.6. The van der Waals surface area contributed by atoms with Gasteiger partial charge in [0.1, 0.15) is 0 Å². The van der Waals surface area contributed by atoms with E-state index in [2.05, 4.69) is 13.0 Å². The average Bonchev–Trinajstić information content (AvgIpc) is 2.43. The molecule has 0 aliphatic carbocycles. The topological polar surface area (TPSA) is 46.2 Å². The number of aliphatic hydroxyl groups excluding tert-OH is 1. The van der Waals surface area contributed by atoms with Crippen molar-refractivity contribution in [1.82, 2.24) is 0 Å². The number of allylic oxidation sites excluding steroid dienone is 1. The first-order chi connectivity index (χ1) is 9.31. The van der Waals surface area contributed by atoms with Gasteiger partial charge in [0.2, 0.25) is 0 Å². The number of aliphatic hydroxyl groups is 1. The van der Waals surface area contributed by atoms with Crippen molar-refractivity contribution in [2.45, 2.75) is 90.1 Å². The lowest BCUT2D eigenvalue weighted by molar-refractivity contribution is 0.231. The van der Waals surface area contributed by atoms with E-state index in [1.54, 1.807) is 0 Å². The minimum atomic E-state index is -0.451. The van der Waals surface area contributed by atoms with E-state index in [-0.39, 0.29) is 0 Å². The Morgan fingerprint density at radius 1 is 0.842 bits per heavy atom. The van der Waals surface area contributed by atoms with Crippen LogP contribution in [-0.2, 0) is 0 Å². The second kappa shape index (κ2) is 15.7. The van der Waals surface area contributed by atoms with E-state index in [9.17, 15) is 5.11 Å². The van der Waals surface area contributed by atoms with Gasteiger partial charge in [0.25, 0.3) is 0 Å². The van der Waals surface area contributed by atoms with Crippen molar-refractivity contribution in [2.24, 2.45) is 5.73 Å². The summed E-state index contributed by atoms with van der Waals surface area (Å²) in [6.07, 6.45) is 19.7. The molecule has 0 amide bonds. The van der Waals surface area contributed by atoms with E-state index in [1.165, 1.54) is 70.6 Å². The minimum absolute atomic E-state index is 0.328. The molecule has 0 radical (unpaired) electrons. The van der Waals surface area contributed by atoms with E-state index < -0.39 is 6.10 Å². The lowest BCUT2D eigenvalue weighted by Gasteiger charge is -2.02. The Morgan fingerprint density at radius 3 is 1.79 bits per heavy atom. The van der Waals surface area contributed by atoms with Gasteiger partial charge in [-0.1, -0.05) is 83.3 Å². The molecule has 0 rings (SSSR count). The van der Waals surface area contributed by atoms with Crippen LogP contribution in [0.1, 0.15) is 84.0 Å². The van der Waals surface area contributed by atoms with Crippen LogP contribution in [0.15, 0.2) is 12.2 Å². The molecule has 0 aromatic rings. The largest absolute Gasteiger partial charge is 0.388 e. The summed E-state index contributed by atoms with van der Waals surface area (Å²) in [6, 6.07) is 0. The van der Waals surface area contributed by atoms with Crippen LogP contribution in [0, 0.1) is 0 Å². The fourth-order valence-electron chi connectivity index (χ4n) is 2.26. The van der Waals surface area contributed by atoms with Gasteiger partial charge in [0, 0.05) is 6.54 Å². The molecule has 0 aromatic carbocycles. The highest BCUT2D eigenvalue weighted by molar-refractivity contribution is 4.88. The molecule has 2 nitrogen and oxygen atoms in total. The fraction of sp³-hybridized carbons (Fsp3) is 0.882. The number of unbranched alkanes of at least 4 members (excludes halogenated alkanes) is 11. The van der Waals surface area contributed by atoms with Crippen molar-refractivity contribution in [1.29, 1.82) is 0 Å². The predicted molar refractivity (Wildman–Crippen MR) is 85.3 cm³/mol. The molecular weight excluding hydrogens is 234 g/mol. The summed E-state index contributed by atoms with van der Waals surface area (Å²) in [4.78, 5) is 0. The first-order valence-electron chi connectivity index (χ1n) is 8.36. The Hall–Kier alpha value is -0.340. The number of hydrogen-bond acceptors (Lipinski definition) is 2. The van der Waals surface area contributed by atoms with Gasteiger partial charge < -0.3 is 10.8 Å². The smallest absolute Gasteiger partial charge is 0.0843 e. The lowest BCUT2D eigenvalue weighted by Crippen LogP contribution is -2.16. The predicted octanol–water partition coefficient (Wildman–Crippen LogP) is 4.56. The number of rotatable bonds is 14. The van der Waals surface area contributed by atoms with Crippen molar-refractivity contribution in [3.63, 3.8) is 0 Å². The summed E-state index contributed by atoms with van der Waals surface area (Å²) in [5.74, 6) is 0. The Labute approximate surface area is 120 Å². The molecule has 19 heavy (non-hydrogen) atoms. The van der Waals surface area contributed by atoms with Crippen LogP contribution in [0.4, 0.5) is 0 Å². The van der Waals surface area contributed by atoms with Gasteiger partial charge >= 0.3 is 0 Å². The van der Waals surface area contributed by atoms with Crippen LogP contribution in [0.2, 0.25) is 0 Å². The molecule has 1 unspecified atom stereocenters. The molecule has 2 heteroatoms. The molecule has 3 N–H and O–H groups in total. The van der Waals surface area contributed by atoms with Gasteiger partial charge in [0.15, 0.2) is 0 Å². The van der Waals surface area contributed by atoms with Crippen molar-refractivity contribution >= 4 is 0 Å². The second-order valence-corrected chi connectivity index (χ2v) is 5.56. The third-order valence-corrected chi connectivity index (χ3v) is 3.57. The standard InChI is InChI=1S/C17H35NO/c1-2-3-4-5-6-7-8-9-10-11-12-13-14-15-17(19)16-18/h14-15,17,19H,2-13,16,18H2,1H3. The minimum Gasteiger partial charge on any atom is -0.388 e. The maximum atomic E-state index is 9.22. The fourth-order valence-corrected chi connectivity index (χ4v) is 2.26. The first kappa shape index (κ1) is 18.7. The molecule has 1 atom stereocenters. The Balaban J connectivity index is 3.05. The van der Waals surface area contributed by atoms with E-state index in [0.29, 0.717) is 6.54 Å². The Morgan fingerprint density at radius 2 is 1.32 bits per heavy atom. The molecular formula is C17H35NO. The highest BCUT2D eigenvalue weighted by atomic mass is 16.3. The lowest BCUT2D eigenvalue weighted by atomic mass is 10.1. The maximum Gasteiger partial charge on any atom is 0.0843 e. The zero-order chi connectivity index (χ0) is 14.2. The average molecular weight is 269 g/mol. The third-order valence-electron chi connectivity index (χ3n) is 3.57. The zero-order valence-corrected chi connectivity index (χ0v) is 12.9. The summed E-state index contributed by atoms with van der Waals surface area (Å²) >= 11 is 0. The highest BCUT2D eigenvalue weighted by Gasteiger charge is 1.93. The Bertz CT molecular complexity index is 192. The van der Waals surface area contributed by atoms with Crippen LogP contribution in [0.3, 0.4) is 0 Å². The quantitative estimate of drug-likeness (QED) is 0.358. The normalized spacial score (nSPS) is 13.2. The summed E-state index contributed by atoms with van der Waals surface area (Å²) in [5, 5.41) is 9.22. The van der Waals surface area contributed by atoms with E-state index >= 15 is 0 Å². The summed E-state index contributed by atoms with van der Waals surface area (Å²) < 4.78 is 0. The molecule has 0 saturated carbocycles. The van der Waals surface area contributed by atoms with Crippen LogP contribution in [0.5, 0.6) is 0 Å².